The van der Waals surface area contributed by atoms with Crippen LogP contribution in [-0.2, 0) is 4.79 Å². The molecule has 1 heterocycles. The number of Topliss-reactive ketones (excluding diaryl/α,β-unsaturated/α-hetero) is 1. The molecule has 0 spiro atoms. The van der Waals surface area contributed by atoms with E-state index in [-0.39, 0.29) is 5.70 Å². The highest BCUT2D eigenvalue weighted by atomic mass is 19.4. The summed E-state index contributed by atoms with van der Waals surface area (Å²) in [6.45, 7) is 1.21. The summed E-state index contributed by atoms with van der Waals surface area (Å²) in [6, 6.07) is -1.75. The average Bonchev–Trinajstić information content (AvgIpc) is 2.03. The van der Waals surface area contributed by atoms with Gasteiger partial charge in [-0.15, -0.1) is 0 Å². The Balaban J connectivity index is 2.76. The van der Waals surface area contributed by atoms with E-state index >= 15 is 0 Å². The number of rotatable bonds is 1. The molecule has 0 aromatic carbocycles. The van der Waals surface area contributed by atoms with Gasteiger partial charge in [0.1, 0.15) is 6.04 Å². The van der Waals surface area contributed by atoms with E-state index in [1.165, 1.54) is 19.1 Å². The van der Waals surface area contributed by atoms with E-state index in [2.05, 4.69) is 5.32 Å². The molecule has 13 heavy (non-hydrogen) atoms. The summed E-state index contributed by atoms with van der Waals surface area (Å²) in [5, 5.41) is 2.09. The second-order valence-corrected chi connectivity index (χ2v) is 2.69. The Kier molecular flexibility index (Phi) is 2.45. The van der Waals surface area contributed by atoms with Crippen molar-refractivity contribution in [1.29, 1.82) is 0 Å². The molecular weight excluding hydrogens is 183 g/mol. The Morgan fingerprint density at radius 2 is 2.15 bits per heavy atom. The smallest absolute Gasteiger partial charge is 0.368 e. The van der Waals surface area contributed by atoms with Gasteiger partial charge in [-0.1, -0.05) is 12.2 Å². The van der Waals surface area contributed by atoms with Crippen molar-refractivity contribution in [2.24, 2.45) is 0 Å². The maximum atomic E-state index is 12.1. The molecule has 1 aliphatic rings. The average molecular weight is 191 g/mol. The molecule has 72 valence electrons. The van der Waals surface area contributed by atoms with Gasteiger partial charge in [0, 0.05) is 6.92 Å². The third-order valence-corrected chi connectivity index (χ3v) is 1.61. The van der Waals surface area contributed by atoms with Gasteiger partial charge in [0.15, 0.2) is 5.78 Å². The Morgan fingerprint density at radius 3 is 2.62 bits per heavy atom. The fourth-order valence-electron chi connectivity index (χ4n) is 0.937. The topological polar surface area (TPSA) is 29.1 Å². The largest absolute Gasteiger partial charge is 0.412 e. The molecule has 0 aliphatic carbocycles. The summed E-state index contributed by atoms with van der Waals surface area (Å²) < 4.78 is 36.4. The van der Waals surface area contributed by atoms with E-state index in [1.807, 2.05) is 0 Å². The van der Waals surface area contributed by atoms with E-state index in [0.717, 1.165) is 6.08 Å². The minimum Gasteiger partial charge on any atom is -0.368 e. The molecule has 5 heteroatoms. The van der Waals surface area contributed by atoms with Gasteiger partial charge in [0.2, 0.25) is 0 Å². The first kappa shape index (κ1) is 9.83. The number of dihydropyridines is 1. The maximum absolute atomic E-state index is 12.1. The first-order chi connectivity index (χ1) is 5.91. The van der Waals surface area contributed by atoms with Crippen LogP contribution in [0.25, 0.3) is 0 Å². The van der Waals surface area contributed by atoms with Gasteiger partial charge in [-0.05, 0) is 6.08 Å². The van der Waals surface area contributed by atoms with E-state index < -0.39 is 18.0 Å². The van der Waals surface area contributed by atoms with E-state index in [1.54, 1.807) is 0 Å². The minimum absolute atomic E-state index is 0.00942. The summed E-state index contributed by atoms with van der Waals surface area (Å²) in [6.07, 6.45) is -0.839. The number of carbonyl (C=O) groups excluding carboxylic acids is 1. The van der Waals surface area contributed by atoms with Crippen molar-refractivity contribution in [2.45, 2.75) is 19.1 Å². The zero-order valence-electron chi connectivity index (χ0n) is 6.85. The Labute approximate surface area is 73.1 Å². The van der Waals surface area contributed by atoms with E-state index in [9.17, 15) is 18.0 Å². The van der Waals surface area contributed by atoms with Gasteiger partial charge < -0.3 is 5.32 Å². The monoisotopic (exact) mass is 191 g/mol. The first-order valence-electron chi connectivity index (χ1n) is 3.64. The SMILES string of the molecule is CC(=O)C1=CC=CC(C(F)(F)F)N1. The molecule has 0 saturated heterocycles. The van der Waals surface area contributed by atoms with Gasteiger partial charge in [0.25, 0.3) is 0 Å². The van der Waals surface area contributed by atoms with Crippen LogP contribution in [0.2, 0.25) is 0 Å². The summed E-state index contributed by atoms with van der Waals surface area (Å²) in [4.78, 5) is 10.7. The van der Waals surface area contributed by atoms with Crippen LogP contribution < -0.4 is 5.32 Å². The Hall–Kier alpha value is -1.26. The normalized spacial score (nSPS) is 22.2. The zero-order valence-corrected chi connectivity index (χ0v) is 6.85. The molecule has 0 amide bonds. The van der Waals surface area contributed by atoms with Crippen molar-refractivity contribution in [2.75, 3.05) is 0 Å². The molecule has 1 atom stereocenters. The molecule has 0 bridgehead atoms. The van der Waals surface area contributed by atoms with Crippen molar-refractivity contribution in [3.8, 4) is 0 Å². The standard InChI is InChI=1S/C8H8F3NO/c1-5(13)6-3-2-4-7(12-6)8(9,10)11/h2-4,7,12H,1H3. The number of halogens is 3. The highest BCUT2D eigenvalue weighted by Crippen LogP contribution is 2.23. The van der Waals surface area contributed by atoms with Crippen molar-refractivity contribution < 1.29 is 18.0 Å². The molecule has 0 saturated carbocycles. The van der Waals surface area contributed by atoms with Crippen molar-refractivity contribution in [3.05, 3.63) is 23.9 Å². The van der Waals surface area contributed by atoms with Crippen LogP contribution in [0.4, 0.5) is 13.2 Å². The molecule has 2 nitrogen and oxygen atoms in total. The lowest BCUT2D eigenvalue weighted by atomic mass is 10.1. The van der Waals surface area contributed by atoms with Crippen LogP contribution in [0.3, 0.4) is 0 Å². The highest BCUT2D eigenvalue weighted by Gasteiger charge is 2.39. The number of alkyl halides is 3. The fraction of sp³-hybridized carbons (Fsp3) is 0.375. The van der Waals surface area contributed by atoms with Gasteiger partial charge >= 0.3 is 6.18 Å². The number of nitrogens with one attached hydrogen (secondary N) is 1. The predicted molar refractivity (Wildman–Crippen MR) is 40.9 cm³/mol. The highest BCUT2D eigenvalue weighted by molar-refractivity contribution is 5.93. The minimum atomic E-state index is -4.36. The molecule has 1 aliphatic heterocycles. The summed E-state index contributed by atoms with van der Waals surface area (Å²) in [5.41, 5.74) is -0.00942. The van der Waals surface area contributed by atoms with Crippen molar-refractivity contribution in [1.82, 2.24) is 5.32 Å². The predicted octanol–water partition coefficient (Wildman–Crippen LogP) is 1.55. The Bertz CT molecular complexity index is 278. The van der Waals surface area contributed by atoms with Gasteiger partial charge in [-0.25, -0.2) is 0 Å². The molecular formula is C8H8F3NO. The molecule has 0 aromatic heterocycles. The lowest BCUT2D eigenvalue weighted by Crippen LogP contribution is -2.42. The van der Waals surface area contributed by atoms with Crippen LogP contribution in [0.15, 0.2) is 23.9 Å². The lowest BCUT2D eigenvalue weighted by molar-refractivity contribution is -0.143. The summed E-state index contributed by atoms with van der Waals surface area (Å²) in [7, 11) is 0. The molecule has 0 radical (unpaired) electrons. The summed E-state index contributed by atoms with van der Waals surface area (Å²) in [5.74, 6) is -0.404. The Morgan fingerprint density at radius 1 is 1.54 bits per heavy atom. The molecule has 1 unspecified atom stereocenters. The fourth-order valence-corrected chi connectivity index (χ4v) is 0.937. The van der Waals surface area contributed by atoms with Gasteiger partial charge in [-0.2, -0.15) is 13.2 Å². The number of hydrogen-bond acceptors (Lipinski definition) is 2. The third-order valence-electron chi connectivity index (χ3n) is 1.61. The molecule has 0 fully saturated rings. The second kappa shape index (κ2) is 3.24. The van der Waals surface area contributed by atoms with Crippen LogP contribution >= 0.6 is 0 Å². The van der Waals surface area contributed by atoms with Crippen LogP contribution in [-0.4, -0.2) is 18.0 Å². The van der Waals surface area contributed by atoms with Gasteiger partial charge in [-0.3, -0.25) is 4.79 Å². The van der Waals surface area contributed by atoms with Crippen LogP contribution in [0.1, 0.15) is 6.92 Å². The zero-order chi connectivity index (χ0) is 10.1. The maximum Gasteiger partial charge on any atom is 0.412 e. The molecule has 1 rings (SSSR count). The second-order valence-electron chi connectivity index (χ2n) is 2.69. The molecule has 1 N–H and O–H groups in total. The number of hydrogen-bond donors (Lipinski definition) is 1. The van der Waals surface area contributed by atoms with Crippen LogP contribution in [0, 0.1) is 0 Å². The van der Waals surface area contributed by atoms with Crippen molar-refractivity contribution in [3.63, 3.8) is 0 Å². The van der Waals surface area contributed by atoms with Crippen LogP contribution in [0.5, 0.6) is 0 Å². The number of carbonyl (C=O) groups is 1. The van der Waals surface area contributed by atoms with Crippen molar-refractivity contribution >= 4 is 5.78 Å². The van der Waals surface area contributed by atoms with E-state index in [0.29, 0.717) is 0 Å². The van der Waals surface area contributed by atoms with E-state index in [4.69, 9.17) is 0 Å². The molecule has 0 aromatic rings. The summed E-state index contributed by atoms with van der Waals surface area (Å²) >= 11 is 0. The third kappa shape index (κ3) is 2.34. The lowest BCUT2D eigenvalue weighted by Gasteiger charge is -2.22. The first-order valence-corrected chi connectivity index (χ1v) is 3.64. The number of ketones is 1. The quantitative estimate of drug-likeness (QED) is 0.681. The van der Waals surface area contributed by atoms with Gasteiger partial charge in [0.05, 0.1) is 5.70 Å². The number of allylic oxidation sites excluding steroid dienone is 3.